The standard InChI is InChI=1S/C17H25BrN2O3S2/c1-24-13-10-16(17(21)20-11-4-2-3-5-12-20)19-25(22,23)15-8-6-14(18)7-9-15/h6-9,16,19H,2-5,10-13H2,1H3. The highest BCUT2D eigenvalue weighted by atomic mass is 79.9. The Bertz CT molecular complexity index is 657. The van der Waals surface area contributed by atoms with E-state index in [9.17, 15) is 13.2 Å². The van der Waals surface area contributed by atoms with E-state index in [-0.39, 0.29) is 10.8 Å². The summed E-state index contributed by atoms with van der Waals surface area (Å²) in [6.45, 7) is 1.43. The molecule has 1 unspecified atom stereocenters. The van der Waals surface area contributed by atoms with Gasteiger partial charge in [0.05, 0.1) is 4.90 Å². The zero-order valence-electron chi connectivity index (χ0n) is 14.4. The second-order valence-corrected chi connectivity index (χ2v) is 9.76. The van der Waals surface area contributed by atoms with Crippen molar-refractivity contribution in [2.24, 2.45) is 0 Å². The number of hydrogen-bond donors (Lipinski definition) is 1. The summed E-state index contributed by atoms with van der Waals surface area (Å²) in [7, 11) is -3.73. The normalized spacial score (nSPS) is 17.1. The quantitative estimate of drug-likeness (QED) is 0.694. The maximum atomic E-state index is 12.9. The SMILES string of the molecule is CSCCC(NS(=O)(=O)c1ccc(Br)cc1)C(=O)N1CCCCCC1. The van der Waals surface area contributed by atoms with E-state index in [0.29, 0.717) is 19.5 Å². The van der Waals surface area contributed by atoms with Crippen LogP contribution in [-0.4, -0.2) is 50.4 Å². The van der Waals surface area contributed by atoms with Gasteiger partial charge in [-0.25, -0.2) is 8.42 Å². The maximum absolute atomic E-state index is 12.9. The van der Waals surface area contributed by atoms with Crippen molar-refractivity contribution in [1.82, 2.24) is 9.62 Å². The zero-order valence-corrected chi connectivity index (χ0v) is 17.6. The molecule has 0 saturated carbocycles. The highest BCUT2D eigenvalue weighted by Gasteiger charge is 2.29. The predicted octanol–water partition coefficient (Wildman–Crippen LogP) is 3.25. The molecule has 0 aliphatic carbocycles. The molecule has 1 aliphatic heterocycles. The van der Waals surface area contributed by atoms with E-state index >= 15 is 0 Å². The van der Waals surface area contributed by atoms with Crippen LogP contribution in [0, 0.1) is 0 Å². The summed E-state index contributed by atoms with van der Waals surface area (Å²) in [6.07, 6.45) is 6.68. The highest BCUT2D eigenvalue weighted by molar-refractivity contribution is 9.10. The lowest BCUT2D eigenvalue weighted by Crippen LogP contribution is -2.49. The van der Waals surface area contributed by atoms with E-state index in [1.165, 1.54) is 12.1 Å². The van der Waals surface area contributed by atoms with E-state index in [1.54, 1.807) is 23.9 Å². The molecule has 0 bridgehead atoms. The van der Waals surface area contributed by atoms with E-state index < -0.39 is 16.1 Å². The number of benzene rings is 1. The van der Waals surface area contributed by atoms with Crippen LogP contribution in [0.2, 0.25) is 0 Å². The van der Waals surface area contributed by atoms with Crippen LogP contribution < -0.4 is 4.72 Å². The van der Waals surface area contributed by atoms with Crippen LogP contribution in [0.4, 0.5) is 0 Å². The van der Waals surface area contributed by atoms with Crippen molar-refractivity contribution in [1.29, 1.82) is 0 Å². The molecule has 1 heterocycles. The first-order chi connectivity index (χ1) is 11.9. The Morgan fingerprint density at radius 2 is 1.80 bits per heavy atom. The number of amides is 1. The molecule has 1 aromatic rings. The molecule has 8 heteroatoms. The van der Waals surface area contributed by atoms with Gasteiger partial charge in [-0.1, -0.05) is 28.8 Å². The summed E-state index contributed by atoms with van der Waals surface area (Å²) in [4.78, 5) is 14.9. The number of nitrogens with zero attached hydrogens (tertiary/aromatic N) is 1. The van der Waals surface area contributed by atoms with Crippen LogP contribution in [0.3, 0.4) is 0 Å². The summed E-state index contributed by atoms with van der Waals surface area (Å²) in [5.41, 5.74) is 0. The van der Waals surface area contributed by atoms with E-state index in [4.69, 9.17) is 0 Å². The van der Waals surface area contributed by atoms with Crippen molar-refractivity contribution in [3.8, 4) is 0 Å². The molecule has 1 aromatic carbocycles. The van der Waals surface area contributed by atoms with E-state index in [2.05, 4.69) is 20.7 Å². The molecule has 1 amide bonds. The smallest absolute Gasteiger partial charge is 0.241 e. The molecule has 0 radical (unpaired) electrons. The number of rotatable bonds is 7. The number of sulfonamides is 1. The summed E-state index contributed by atoms with van der Waals surface area (Å²) >= 11 is 4.91. The fourth-order valence-corrected chi connectivity index (χ4v) is 4.81. The molecule has 0 aromatic heterocycles. The molecular weight excluding hydrogens is 424 g/mol. The van der Waals surface area contributed by atoms with Gasteiger partial charge in [0.2, 0.25) is 15.9 Å². The minimum Gasteiger partial charge on any atom is -0.341 e. The number of carbonyl (C=O) groups excluding carboxylic acids is 1. The van der Waals surface area contributed by atoms with Crippen molar-refractivity contribution in [3.05, 3.63) is 28.7 Å². The minimum absolute atomic E-state index is 0.100. The van der Waals surface area contributed by atoms with Gasteiger partial charge in [-0.15, -0.1) is 0 Å². The number of thioether (sulfide) groups is 1. The second-order valence-electron chi connectivity index (χ2n) is 6.15. The minimum atomic E-state index is -3.73. The molecule has 1 fully saturated rings. The number of nitrogens with one attached hydrogen (secondary N) is 1. The number of halogens is 1. The Balaban J connectivity index is 2.15. The highest BCUT2D eigenvalue weighted by Crippen LogP contribution is 2.17. The van der Waals surface area contributed by atoms with Crippen molar-refractivity contribution in [3.63, 3.8) is 0 Å². The number of likely N-dealkylation sites (tertiary alicyclic amines) is 1. The monoisotopic (exact) mass is 448 g/mol. The average Bonchev–Trinajstić information content (AvgIpc) is 2.87. The third-order valence-corrected chi connectivity index (χ3v) is 6.91. The first-order valence-electron chi connectivity index (χ1n) is 8.49. The first-order valence-corrected chi connectivity index (χ1v) is 12.2. The van der Waals surface area contributed by atoms with Crippen molar-refractivity contribution in [2.75, 3.05) is 25.1 Å². The van der Waals surface area contributed by atoms with Crippen LogP contribution in [0.5, 0.6) is 0 Å². The lowest BCUT2D eigenvalue weighted by atomic mass is 10.2. The molecule has 2 rings (SSSR count). The van der Waals surface area contributed by atoms with Crippen LogP contribution in [-0.2, 0) is 14.8 Å². The van der Waals surface area contributed by atoms with E-state index in [0.717, 1.165) is 35.9 Å². The number of carbonyl (C=O) groups is 1. The van der Waals surface area contributed by atoms with E-state index in [1.807, 2.05) is 11.2 Å². The molecule has 5 nitrogen and oxygen atoms in total. The molecule has 140 valence electrons. The first kappa shape index (κ1) is 20.7. The van der Waals surface area contributed by atoms with Crippen molar-refractivity contribution >= 4 is 43.6 Å². The molecule has 25 heavy (non-hydrogen) atoms. The van der Waals surface area contributed by atoms with Crippen LogP contribution in [0.15, 0.2) is 33.6 Å². The van der Waals surface area contributed by atoms with Gasteiger partial charge in [-0.2, -0.15) is 16.5 Å². The Morgan fingerprint density at radius 1 is 1.20 bits per heavy atom. The second kappa shape index (κ2) is 9.94. The summed E-state index contributed by atoms with van der Waals surface area (Å²) < 4.78 is 28.8. The fraction of sp³-hybridized carbons (Fsp3) is 0.588. The van der Waals surface area contributed by atoms with Gasteiger partial charge in [-0.05, 0) is 55.5 Å². The largest absolute Gasteiger partial charge is 0.341 e. The lowest BCUT2D eigenvalue weighted by molar-refractivity contribution is -0.133. The summed E-state index contributed by atoms with van der Waals surface area (Å²) in [6, 6.07) is 5.73. The van der Waals surface area contributed by atoms with Crippen LogP contribution >= 0.6 is 27.7 Å². The van der Waals surface area contributed by atoms with Gasteiger partial charge < -0.3 is 4.90 Å². The predicted molar refractivity (Wildman–Crippen MR) is 106 cm³/mol. The van der Waals surface area contributed by atoms with Crippen molar-refractivity contribution in [2.45, 2.75) is 43.0 Å². The topological polar surface area (TPSA) is 66.5 Å². The Morgan fingerprint density at radius 3 is 2.36 bits per heavy atom. The average molecular weight is 449 g/mol. The fourth-order valence-electron chi connectivity index (χ4n) is 2.85. The van der Waals surface area contributed by atoms with Gasteiger partial charge in [0.15, 0.2) is 0 Å². The van der Waals surface area contributed by atoms with Gasteiger partial charge in [0.25, 0.3) is 0 Å². The Labute approximate surface area is 163 Å². The van der Waals surface area contributed by atoms with Gasteiger partial charge in [-0.3, -0.25) is 4.79 Å². The van der Waals surface area contributed by atoms with Gasteiger partial charge in [0, 0.05) is 17.6 Å². The third-order valence-electron chi connectivity index (χ3n) is 4.25. The molecular formula is C17H25BrN2O3S2. The zero-order chi connectivity index (χ0) is 18.3. The van der Waals surface area contributed by atoms with Gasteiger partial charge >= 0.3 is 0 Å². The van der Waals surface area contributed by atoms with Crippen molar-refractivity contribution < 1.29 is 13.2 Å². The molecule has 1 aliphatic rings. The van der Waals surface area contributed by atoms with Crippen LogP contribution in [0.1, 0.15) is 32.1 Å². The maximum Gasteiger partial charge on any atom is 0.241 e. The molecule has 1 N–H and O–H groups in total. The lowest BCUT2D eigenvalue weighted by Gasteiger charge is -2.26. The number of hydrogen-bond acceptors (Lipinski definition) is 4. The summed E-state index contributed by atoms with van der Waals surface area (Å²) in [5.74, 6) is 0.629. The molecule has 1 atom stereocenters. The molecule has 1 saturated heterocycles. The van der Waals surface area contributed by atoms with Gasteiger partial charge in [0.1, 0.15) is 6.04 Å². The third kappa shape index (κ3) is 6.27. The Kier molecular flexibility index (Phi) is 8.25. The van der Waals surface area contributed by atoms with Crippen LogP contribution in [0.25, 0.3) is 0 Å². The summed E-state index contributed by atoms with van der Waals surface area (Å²) in [5, 5.41) is 0. The Hall–Kier alpha value is -0.570. The molecule has 0 spiro atoms.